The Labute approximate surface area is 102 Å². The minimum atomic E-state index is 0.245. The van der Waals surface area contributed by atoms with Gasteiger partial charge >= 0.3 is 0 Å². The first-order valence-electron chi connectivity index (χ1n) is 6.22. The molecule has 0 aliphatic rings. The molecule has 2 heterocycles. The lowest BCUT2D eigenvalue weighted by atomic mass is 10.2. The zero-order valence-corrected chi connectivity index (χ0v) is 10.5. The molecule has 2 aromatic rings. The predicted molar refractivity (Wildman–Crippen MR) is 68.7 cm³/mol. The van der Waals surface area contributed by atoms with Gasteiger partial charge in [-0.3, -0.25) is 0 Å². The molecule has 0 aromatic carbocycles. The Kier molecular flexibility index (Phi) is 4.04. The number of hydrogen-bond donors (Lipinski definition) is 1. The number of aryl methyl sites for hydroxylation is 1. The van der Waals surface area contributed by atoms with E-state index in [1.54, 1.807) is 6.26 Å². The molecule has 1 atom stereocenters. The average Bonchev–Trinajstić information content (AvgIpc) is 2.97. The van der Waals surface area contributed by atoms with E-state index in [0.717, 1.165) is 25.3 Å². The Balaban J connectivity index is 1.91. The van der Waals surface area contributed by atoms with Gasteiger partial charge in [0.2, 0.25) is 0 Å². The number of rotatable bonds is 6. The second-order valence-electron chi connectivity index (χ2n) is 4.31. The van der Waals surface area contributed by atoms with Crippen molar-refractivity contribution in [2.24, 2.45) is 0 Å². The van der Waals surface area contributed by atoms with E-state index in [1.165, 1.54) is 5.69 Å². The highest BCUT2D eigenvalue weighted by Gasteiger charge is 2.08. The zero-order chi connectivity index (χ0) is 12.1. The van der Waals surface area contributed by atoms with Crippen LogP contribution in [0.4, 0.5) is 0 Å². The van der Waals surface area contributed by atoms with Crippen LogP contribution in [-0.2, 0) is 13.1 Å². The van der Waals surface area contributed by atoms with Crippen molar-refractivity contribution in [1.29, 1.82) is 0 Å². The lowest BCUT2D eigenvalue weighted by Crippen LogP contribution is -2.19. The van der Waals surface area contributed by atoms with Crippen LogP contribution < -0.4 is 5.32 Å². The smallest absolute Gasteiger partial charge is 0.120 e. The molecule has 0 aliphatic heterocycles. The summed E-state index contributed by atoms with van der Waals surface area (Å²) < 4.78 is 7.67. The minimum Gasteiger partial charge on any atom is -0.468 e. The van der Waals surface area contributed by atoms with Gasteiger partial charge in [-0.1, -0.05) is 6.92 Å². The van der Waals surface area contributed by atoms with Crippen LogP contribution in [-0.4, -0.2) is 4.57 Å². The van der Waals surface area contributed by atoms with Crippen LogP contribution in [0.5, 0.6) is 0 Å². The molecular weight excluding hydrogens is 212 g/mol. The van der Waals surface area contributed by atoms with E-state index < -0.39 is 0 Å². The molecule has 2 rings (SSSR count). The minimum absolute atomic E-state index is 0.245. The Morgan fingerprint density at radius 2 is 2.24 bits per heavy atom. The van der Waals surface area contributed by atoms with Crippen molar-refractivity contribution in [2.45, 2.75) is 39.4 Å². The zero-order valence-electron chi connectivity index (χ0n) is 10.5. The first kappa shape index (κ1) is 12.0. The molecule has 0 saturated heterocycles. The summed E-state index contributed by atoms with van der Waals surface area (Å²) in [4.78, 5) is 0. The summed E-state index contributed by atoms with van der Waals surface area (Å²) in [6.45, 7) is 6.27. The van der Waals surface area contributed by atoms with E-state index in [0.29, 0.717) is 0 Å². The van der Waals surface area contributed by atoms with Crippen molar-refractivity contribution in [3.05, 3.63) is 48.2 Å². The lowest BCUT2D eigenvalue weighted by molar-refractivity contribution is 0.425. The highest BCUT2D eigenvalue weighted by atomic mass is 16.3. The van der Waals surface area contributed by atoms with Crippen LogP contribution in [0, 0.1) is 0 Å². The van der Waals surface area contributed by atoms with Gasteiger partial charge in [-0.2, -0.15) is 0 Å². The molecule has 3 heteroatoms. The van der Waals surface area contributed by atoms with Crippen molar-refractivity contribution in [3.63, 3.8) is 0 Å². The Morgan fingerprint density at radius 1 is 1.35 bits per heavy atom. The van der Waals surface area contributed by atoms with Gasteiger partial charge in [-0.05, 0) is 37.6 Å². The van der Waals surface area contributed by atoms with Crippen molar-refractivity contribution in [1.82, 2.24) is 9.88 Å². The number of nitrogens with zero attached hydrogens (tertiary/aromatic N) is 1. The summed E-state index contributed by atoms with van der Waals surface area (Å²) in [5.74, 6) is 0.985. The van der Waals surface area contributed by atoms with Gasteiger partial charge in [-0.25, -0.2) is 0 Å². The molecule has 0 saturated carbocycles. The standard InChI is InChI=1S/C14H20N2O/c1-3-8-16-9-4-6-13(16)11-15-12(2)14-7-5-10-17-14/h4-7,9-10,12,15H,3,8,11H2,1-2H3. The van der Waals surface area contributed by atoms with E-state index in [-0.39, 0.29) is 6.04 Å². The van der Waals surface area contributed by atoms with E-state index in [1.807, 2.05) is 12.1 Å². The van der Waals surface area contributed by atoms with Crippen LogP contribution in [0.3, 0.4) is 0 Å². The first-order chi connectivity index (χ1) is 8.31. The van der Waals surface area contributed by atoms with Crippen molar-refractivity contribution in [3.8, 4) is 0 Å². The molecule has 1 unspecified atom stereocenters. The lowest BCUT2D eigenvalue weighted by Gasteiger charge is -2.13. The highest BCUT2D eigenvalue weighted by molar-refractivity contribution is 5.08. The molecule has 0 bridgehead atoms. The molecule has 0 amide bonds. The second kappa shape index (κ2) is 5.73. The maximum absolute atomic E-state index is 5.37. The van der Waals surface area contributed by atoms with Gasteiger partial charge in [0, 0.05) is 25.0 Å². The Hall–Kier alpha value is -1.48. The number of furan rings is 1. The van der Waals surface area contributed by atoms with E-state index >= 15 is 0 Å². The van der Waals surface area contributed by atoms with Crippen LogP contribution >= 0.6 is 0 Å². The summed E-state index contributed by atoms with van der Waals surface area (Å²) in [5.41, 5.74) is 1.32. The molecular formula is C14H20N2O. The van der Waals surface area contributed by atoms with E-state index in [4.69, 9.17) is 4.42 Å². The van der Waals surface area contributed by atoms with Gasteiger partial charge in [-0.15, -0.1) is 0 Å². The molecule has 0 aliphatic carbocycles. The second-order valence-corrected chi connectivity index (χ2v) is 4.31. The largest absolute Gasteiger partial charge is 0.468 e. The van der Waals surface area contributed by atoms with Crippen LogP contribution in [0.15, 0.2) is 41.1 Å². The van der Waals surface area contributed by atoms with Crippen LogP contribution in [0.2, 0.25) is 0 Å². The fourth-order valence-corrected chi connectivity index (χ4v) is 1.96. The molecule has 92 valence electrons. The number of nitrogens with one attached hydrogen (secondary N) is 1. The monoisotopic (exact) mass is 232 g/mol. The van der Waals surface area contributed by atoms with Crippen molar-refractivity contribution < 1.29 is 4.42 Å². The maximum atomic E-state index is 5.37. The fourth-order valence-electron chi connectivity index (χ4n) is 1.96. The van der Waals surface area contributed by atoms with Crippen LogP contribution in [0.25, 0.3) is 0 Å². The quantitative estimate of drug-likeness (QED) is 0.828. The SMILES string of the molecule is CCCn1cccc1CNC(C)c1ccco1. The molecule has 0 fully saturated rings. The van der Waals surface area contributed by atoms with Gasteiger partial charge < -0.3 is 14.3 Å². The first-order valence-corrected chi connectivity index (χ1v) is 6.22. The number of aromatic nitrogens is 1. The third-order valence-corrected chi connectivity index (χ3v) is 2.95. The Bertz CT molecular complexity index is 431. The van der Waals surface area contributed by atoms with E-state index in [2.05, 4.69) is 42.1 Å². The Morgan fingerprint density at radius 3 is 2.94 bits per heavy atom. The summed E-state index contributed by atoms with van der Waals surface area (Å²) in [7, 11) is 0. The molecule has 1 N–H and O–H groups in total. The van der Waals surface area contributed by atoms with Gasteiger partial charge in [0.1, 0.15) is 5.76 Å². The third-order valence-electron chi connectivity index (χ3n) is 2.95. The van der Waals surface area contributed by atoms with Crippen molar-refractivity contribution >= 4 is 0 Å². The van der Waals surface area contributed by atoms with Gasteiger partial charge in [0.15, 0.2) is 0 Å². The van der Waals surface area contributed by atoms with Crippen LogP contribution in [0.1, 0.15) is 37.8 Å². The molecule has 3 nitrogen and oxygen atoms in total. The maximum Gasteiger partial charge on any atom is 0.120 e. The average molecular weight is 232 g/mol. The van der Waals surface area contributed by atoms with Gasteiger partial charge in [0.05, 0.1) is 12.3 Å². The number of hydrogen-bond acceptors (Lipinski definition) is 2. The summed E-state index contributed by atoms with van der Waals surface area (Å²) in [6, 6.07) is 8.44. The fraction of sp³-hybridized carbons (Fsp3) is 0.429. The topological polar surface area (TPSA) is 30.1 Å². The molecule has 0 spiro atoms. The third kappa shape index (κ3) is 3.01. The molecule has 0 radical (unpaired) electrons. The summed E-state index contributed by atoms with van der Waals surface area (Å²) in [5, 5.41) is 3.47. The van der Waals surface area contributed by atoms with E-state index in [9.17, 15) is 0 Å². The predicted octanol–water partition coefficient (Wildman–Crippen LogP) is 3.34. The normalized spacial score (nSPS) is 12.8. The highest BCUT2D eigenvalue weighted by Crippen LogP contribution is 2.13. The van der Waals surface area contributed by atoms with Gasteiger partial charge in [0.25, 0.3) is 0 Å². The molecule has 2 aromatic heterocycles. The molecule has 17 heavy (non-hydrogen) atoms. The van der Waals surface area contributed by atoms with Crippen molar-refractivity contribution in [2.75, 3.05) is 0 Å². The summed E-state index contributed by atoms with van der Waals surface area (Å²) >= 11 is 0. The summed E-state index contributed by atoms with van der Waals surface area (Å²) in [6.07, 6.45) is 5.01.